The zero-order valence-electron chi connectivity index (χ0n) is 14.7. The predicted molar refractivity (Wildman–Crippen MR) is 99.6 cm³/mol. The molecule has 1 atom stereocenters. The number of carbonyl (C=O) groups excluding carboxylic acids is 2. The lowest BCUT2D eigenvalue weighted by atomic mass is 10.1. The molecule has 2 amide bonds. The van der Waals surface area contributed by atoms with Crippen molar-refractivity contribution in [1.29, 1.82) is 0 Å². The minimum absolute atomic E-state index is 0.0644. The molecule has 2 aromatic heterocycles. The molecule has 9 nitrogen and oxygen atoms in total. The first kappa shape index (κ1) is 18.1. The number of nitrogens with one attached hydrogen (secondary N) is 2. The van der Waals surface area contributed by atoms with E-state index >= 15 is 0 Å². The fourth-order valence-corrected chi connectivity index (χ4v) is 3.52. The molecular formula is C16H21N7O2S. The number of primary amides is 1. The molecule has 10 heteroatoms. The highest BCUT2D eigenvalue weighted by molar-refractivity contribution is 7.10. The van der Waals surface area contributed by atoms with E-state index in [1.165, 1.54) is 17.7 Å². The van der Waals surface area contributed by atoms with Crippen LogP contribution in [0.1, 0.15) is 35.9 Å². The van der Waals surface area contributed by atoms with Crippen molar-refractivity contribution in [1.82, 2.24) is 19.2 Å². The Hall–Kier alpha value is -2.75. The Balaban J connectivity index is 1.78. The summed E-state index contributed by atoms with van der Waals surface area (Å²) in [5.41, 5.74) is 6.33. The Labute approximate surface area is 155 Å². The number of hydrogen-bond donors (Lipinski definition) is 3. The van der Waals surface area contributed by atoms with Crippen molar-refractivity contribution in [2.75, 3.05) is 23.7 Å². The van der Waals surface area contributed by atoms with Gasteiger partial charge in [0.2, 0.25) is 5.91 Å². The summed E-state index contributed by atoms with van der Waals surface area (Å²) in [4.78, 5) is 33.6. The van der Waals surface area contributed by atoms with Crippen LogP contribution < -0.4 is 16.4 Å². The van der Waals surface area contributed by atoms with Crippen LogP contribution in [0.3, 0.4) is 0 Å². The molecule has 0 aromatic carbocycles. The lowest BCUT2D eigenvalue weighted by Gasteiger charge is -2.32. The van der Waals surface area contributed by atoms with Crippen LogP contribution in [0, 0.1) is 6.92 Å². The molecule has 3 rings (SSSR count). The molecule has 0 bridgehead atoms. The number of rotatable bonds is 5. The van der Waals surface area contributed by atoms with E-state index in [4.69, 9.17) is 5.73 Å². The number of carbonyl (C=O) groups is 2. The van der Waals surface area contributed by atoms with E-state index < -0.39 is 5.91 Å². The zero-order valence-corrected chi connectivity index (χ0v) is 15.5. The van der Waals surface area contributed by atoms with E-state index in [1.807, 2.05) is 17.9 Å². The predicted octanol–water partition coefficient (Wildman–Crippen LogP) is 1.51. The van der Waals surface area contributed by atoms with Gasteiger partial charge in [-0.3, -0.25) is 9.59 Å². The molecule has 1 aliphatic heterocycles. The van der Waals surface area contributed by atoms with Crippen LogP contribution in [0.2, 0.25) is 0 Å². The summed E-state index contributed by atoms with van der Waals surface area (Å²) >= 11 is 1.26. The van der Waals surface area contributed by atoms with E-state index in [2.05, 4.69) is 25.0 Å². The van der Waals surface area contributed by atoms with Crippen LogP contribution in [0.25, 0.3) is 0 Å². The molecule has 0 aliphatic carbocycles. The van der Waals surface area contributed by atoms with Crippen molar-refractivity contribution in [2.45, 2.75) is 32.7 Å². The average molecular weight is 375 g/mol. The maximum Gasteiger partial charge on any atom is 0.271 e. The normalized spacial score (nSPS) is 17.0. The highest BCUT2D eigenvalue weighted by Crippen LogP contribution is 2.24. The Bertz CT molecular complexity index is 823. The summed E-state index contributed by atoms with van der Waals surface area (Å²) in [6.45, 7) is 4.84. The number of aryl methyl sites for hydroxylation is 1. The number of likely N-dealkylation sites (tertiary alicyclic amines) is 1. The van der Waals surface area contributed by atoms with Crippen LogP contribution >= 0.6 is 11.5 Å². The van der Waals surface area contributed by atoms with Crippen molar-refractivity contribution in [3.8, 4) is 0 Å². The van der Waals surface area contributed by atoms with Crippen molar-refractivity contribution in [3.05, 3.63) is 23.7 Å². The molecule has 1 aliphatic rings. The van der Waals surface area contributed by atoms with Crippen molar-refractivity contribution >= 4 is 40.0 Å². The number of nitrogens with two attached hydrogens (primary N) is 1. The van der Waals surface area contributed by atoms with Gasteiger partial charge in [-0.2, -0.15) is 4.37 Å². The fraction of sp³-hybridized carbons (Fsp3) is 0.438. The summed E-state index contributed by atoms with van der Waals surface area (Å²) in [6, 6.07) is 1.93. The Morgan fingerprint density at radius 1 is 1.42 bits per heavy atom. The van der Waals surface area contributed by atoms with E-state index in [0.717, 1.165) is 30.1 Å². The first-order chi connectivity index (χ1) is 12.4. The number of aromatic nitrogens is 3. The van der Waals surface area contributed by atoms with Gasteiger partial charge in [-0.1, -0.05) is 0 Å². The van der Waals surface area contributed by atoms with Crippen LogP contribution in [0.15, 0.2) is 12.3 Å². The molecule has 0 unspecified atom stereocenters. The van der Waals surface area contributed by atoms with E-state index in [-0.39, 0.29) is 23.5 Å². The number of hydrogen-bond acceptors (Lipinski definition) is 8. The SMILES string of the molecule is CC(=O)N1CCC[C@H](Nc2cnc(C(N)=O)c(Nc3cc(C)ns3)n2)C1. The van der Waals surface area contributed by atoms with Gasteiger partial charge in [0.25, 0.3) is 5.91 Å². The van der Waals surface area contributed by atoms with Crippen molar-refractivity contribution < 1.29 is 9.59 Å². The molecule has 4 N–H and O–H groups in total. The number of amides is 2. The van der Waals surface area contributed by atoms with Gasteiger partial charge >= 0.3 is 0 Å². The molecule has 0 spiro atoms. The summed E-state index contributed by atoms with van der Waals surface area (Å²) < 4.78 is 4.19. The third-order valence-electron chi connectivity index (χ3n) is 4.09. The van der Waals surface area contributed by atoms with Gasteiger partial charge in [-0.25, -0.2) is 9.97 Å². The number of piperidine rings is 1. The van der Waals surface area contributed by atoms with Gasteiger partial charge in [0.15, 0.2) is 11.5 Å². The largest absolute Gasteiger partial charge is 0.364 e. The minimum atomic E-state index is -0.659. The van der Waals surface area contributed by atoms with E-state index in [1.54, 1.807) is 6.92 Å². The van der Waals surface area contributed by atoms with Gasteiger partial charge in [-0.05, 0) is 37.4 Å². The Morgan fingerprint density at radius 2 is 2.23 bits per heavy atom. The lowest BCUT2D eigenvalue weighted by Crippen LogP contribution is -2.44. The average Bonchev–Trinajstić information content (AvgIpc) is 3.00. The first-order valence-corrected chi connectivity index (χ1v) is 9.09. The van der Waals surface area contributed by atoms with Gasteiger partial charge in [0.05, 0.1) is 11.9 Å². The van der Waals surface area contributed by atoms with Crippen LogP contribution in [-0.4, -0.2) is 50.2 Å². The molecule has 3 heterocycles. The molecule has 0 radical (unpaired) electrons. The third-order valence-corrected chi connectivity index (χ3v) is 4.89. The fourth-order valence-electron chi connectivity index (χ4n) is 2.86. The van der Waals surface area contributed by atoms with Gasteiger partial charge in [0, 0.05) is 26.1 Å². The monoisotopic (exact) mass is 375 g/mol. The maximum absolute atomic E-state index is 11.6. The highest BCUT2D eigenvalue weighted by atomic mass is 32.1. The topological polar surface area (TPSA) is 126 Å². The number of anilines is 3. The molecule has 138 valence electrons. The third kappa shape index (κ3) is 4.26. The smallest absolute Gasteiger partial charge is 0.271 e. The van der Waals surface area contributed by atoms with Crippen molar-refractivity contribution in [3.63, 3.8) is 0 Å². The van der Waals surface area contributed by atoms with Gasteiger partial charge in [0.1, 0.15) is 10.8 Å². The summed E-state index contributed by atoms with van der Waals surface area (Å²) in [7, 11) is 0. The molecule has 1 saturated heterocycles. The zero-order chi connectivity index (χ0) is 18.7. The standard InChI is InChI=1S/C16H21N7O2S/c1-9-6-13(26-22-9)21-16-14(15(17)25)18-7-12(20-16)19-11-4-3-5-23(8-11)10(2)24/h6-7,11H,3-5,8H2,1-2H3,(H2,17,25)(H2,19,20,21)/t11-/m0/s1. The summed E-state index contributed by atoms with van der Waals surface area (Å²) in [5.74, 6) is 0.210. The molecule has 1 fully saturated rings. The van der Waals surface area contributed by atoms with Crippen molar-refractivity contribution in [2.24, 2.45) is 5.73 Å². The highest BCUT2D eigenvalue weighted by Gasteiger charge is 2.22. The lowest BCUT2D eigenvalue weighted by molar-refractivity contribution is -0.129. The Morgan fingerprint density at radius 3 is 2.88 bits per heavy atom. The summed E-state index contributed by atoms with van der Waals surface area (Å²) in [5, 5.41) is 7.09. The number of nitrogens with zero attached hydrogens (tertiary/aromatic N) is 4. The van der Waals surface area contributed by atoms with E-state index in [9.17, 15) is 9.59 Å². The molecule has 0 saturated carbocycles. The van der Waals surface area contributed by atoms with Gasteiger partial charge < -0.3 is 21.3 Å². The first-order valence-electron chi connectivity index (χ1n) is 8.31. The second-order valence-electron chi connectivity index (χ2n) is 6.22. The van der Waals surface area contributed by atoms with Crippen LogP contribution in [0.4, 0.5) is 16.6 Å². The summed E-state index contributed by atoms with van der Waals surface area (Å²) in [6.07, 6.45) is 3.34. The van der Waals surface area contributed by atoms with Crippen LogP contribution in [0.5, 0.6) is 0 Å². The molecular weight excluding hydrogens is 354 g/mol. The van der Waals surface area contributed by atoms with E-state index in [0.29, 0.717) is 12.4 Å². The van der Waals surface area contributed by atoms with Gasteiger partial charge in [-0.15, -0.1) is 0 Å². The van der Waals surface area contributed by atoms with Crippen LogP contribution in [-0.2, 0) is 4.79 Å². The second-order valence-corrected chi connectivity index (χ2v) is 7.03. The quantitative estimate of drug-likeness (QED) is 0.723. The molecule has 26 heavy (non-hydrogen) atoms. The second kappa shape index (κ2) is 7.65. The Kier molecular flexibility index (Phi) is 5.31. The maximum atomic E-state index is 11.6. The minimum Gasteiger partial charge on any atom is -0.364 e. The molecule has 2 aromatic rings.